The zero-order chi connectivity index (χ0) is 16.7. The van der Waals surface area contributed by atoms with E-state index in [2.05, 4.69) is 11.1 Å². The van der Waals surface area contributed by atoms with Crippen LogP contribution in [-0.4, -0.2) is 15.5 Å². The van der Waals surface area contributed by atoms with Gasteiger partial charge in [-0.25, -0.2) is 4.98 Å². The van der Waals surface area contributed by atoms with Gasteiger partial charge in [0.15, 0.2) is 0 Å². The minimum atomic E-state index is -0.528. The summed E-state index contributed by atoms with van der Waals surface area (Å²) >= 11 is 0. The number of allylic oxidation sites excluding steroid dienone is 1. The SMILES string of the molecule is NC(=O)c1ccc2c(=O)n3c(nc2c1)C(=Cc1ccccc1)CC3. The van der Waals surface area contributed by atoms with E-state index in [4.69, 9.17) is 5.73 Å². The molecule has 0 bridgehead atoms. The van der Waals surface area contributed by atoms with Crippen LogP contribution in [0.2, 0.25) is 0 Å². The minimum Gasteiger partial charge on any atom is -0.366 e. The first-order valence-corrected chi connectivity index (χ1v) is 7.74. The average molecular weight is 317 g/mol. The van der Waals surface area contributed by atoms with Crippen molar-refractivity contribution < 1.29 is 4.79 Å². The molecule has 2 N–H and O–H groups in total. The molecular formula is C19H15N3O2. The predicted octanol–water partition coefficient (Wildman–Crippen LogP) is 2.44. The molecule has 2 heterocycles. The maximum absolute atomic E-state index is 12.7. The molecule has 0 radical (unpaired) electrons. The maximum atomic E-state index is 12.7. The van der Waals surface area contributed by atoms with Crippen LogP contribution in [0, 0.1) is 0 Å². The standard InChI is InChI=1S/C19H15N3O2/c20-17(23)13-6-7-15-16(11-13)21-18-14(8-9-22(18)19(15)24)10-12-4-2-1-3-5-12/h1-7,10-11H,8-9H2,(H2,20,23). The van der Waals surface area contributed by atoms with E-state index in [1.807, 2.05) is 30.3 Å². The molecule has 4 rings (SSSR count). The number of hydrogen-bond acceptors (Lipinski definition) is 3. The molecule has 1 aromatic heterocycles. The largest absolute Gasteiger partial charge is 0.366 e. The number of fused-ring (bicyclic) bond motifs is 2. The van der Waals surface area contributed by atoms with Gasteiger partial charge in [0.05, 0.1) is 10.9 Å². The first-order chi connectivity index (χ1) is 11.6. The summed E-state index contributed by atoms with van der Waals surface area (Å²) in [6, 6.07) is 14.7. The maximum Gasteiger partial charge on any atom is 0.261 e. The molecule has 3 aromatic rings. The molecule has 1 amide bonds. The highest BCUT2D eigenvalue weighted by molar-refractivity contribution is 5.97. The number of carbonyl (C=O) groups excluding carboxylic acids is 1. The molecule has 0 unspecified atom stereocenters. The van der Waals surface area contributed by atoms with E-state index in [9.17, 15) is 9.59 Å². The molecule has 1 aliphatic rings. The smallest absolute Gasteiger partial charge is 0.261 e. The third kappa shape index (κ3) is 2.31. The van der Waals surface area contributed by atoms with Crippen LogP contribution in [-0.2, 0) is 6.54 Å². The van der Waals surface area contributed by atoms with Crippen molar-refractivity contribution in [3.05, 3.63) is 75.8 Å². The first kappa shape index (κ1) is 14.4. The van der Waals surface area contributed by atoms with E-state index in [1.165, 1.54) is 0 Å². The number of carbonyl (C=O) groups is 1. The number of benzene rings is 2. The van der Waals surface area contributed by atoms with Crippen molar-refractivity contribution in [2.75, 3.05) is 0 Å². The van der Waals surface area contributed by atoms with Crippen molar-refractivity contribution in [2.45, 2.75) is 13.0 Å². The van der Waals surface area contributed by atoms with Crippen molar-refractivity contribution in [1.82, 2.24) is 9.55 Å². The Kier molecular flexibility index (Phi) is 3.27. The first-order valence-electron chi connectivity index (χ1n) is 7.74. The number of amides is 1. The van der Waals surface area contributed by atoms with Crippen molar-refractivity contribution in [3.63, 3.8) is 0 Å². The van der Waals surface area contributed by atoms with Crippen molar-refractivity contribution >= 4 is 28.5 Å². The van der Waals surface area contributed by atoms with Gasteiger partial charge in [0.2, 0.25) is 5.91 Å². The molecule has 5 nitrogen and oxygen atoms in total. The van der Waals surface area contributed by atoms with Gasteiger partial charge in [-0.15, -0.1) is 0 Å². The molecular weight excluding hydrogens is 302 g/mol. The number of rotatable bonds is 2. The van der Waals surface area contributed by atoms with Crippen LogP contribution in [0.4, 0.5) is 0 Å². The quantitative estimate of drug-likeness (QED) is 0.788. The molecule has 2 aromatic carbocycles. The number of aromatic nitrogens is 2. The topological polar surface area (TPSA) is 78.0 Å². The van der Waals surface area contributed by atoms with Crippen molar-refractivity contribution in [3.8, 4) is 0 Å². The fourth-order valence-electron chi connectivity index (χ4n) is 3.06. The summed E-state index contributed by atoms with van der Waals surface area (Å²) in [6.45, 7) is 0.618. The van der Waals surface area contributed by atoms with Gasteiger partial charge in [0, 0.05) is 12.1 Å². The Balaban J connectivity index is 1.92. The monoisotopic (exact) mass is 317 g/mol. The van der Waals surface area contributed by atoms with E-state index >= 15 is 0 Å². The van der Waals surface area contributed by atoms with Gasteiger partial charge in [-0.2, -0.15) is 0 Å². The van der Waals surface area contributed by atoms with E-state index in [1.54, 1.807) is 22.8 Å². The molecule has 24 heavy (non-hydrogen) atoms. The third-order valence-electron chi connectivity index (χ3n) is 4.27. The second-order valence-electron chi connectivity index (χ2n) is 5.82. The van der Waals surface area contributed by atoms with E-state index in [0.717, 1.165) is 17.6 Å². The minimum absolute atomic E-state index is 0.0810. The van der Waals surface area contributed by atoms with Gasteiger partial charge in [-0.05, 0) is 41.8 Å². The van der Waals surface area contributed by atoms with Crippen LogP contribution in [0.1, 0.15) is 28.2 Å². The summed E-state index contributed by atoms with van der Waals surface area (Å²) in [5.74, 6) is 0.136. The highest BCUT2D eigenvalue weighted by Crippen LogP contribution is 2.27. The molecule has 0 spiro atoms. The van der Waals surface area contributed by atoms with Gasteiger partial charge in [0.1, 0.15) is 5.82 Å². The van der Waals surface area contributed by atoms with Crippen molar-refractivity contribution in [2.24, 2.45) is 5.73 Å². The molecule has 0 saturated heterocycles. The van der Waals surface area contributed by atoms with Gasteiger partial charge in [-0.1, -0.05) is 30.3 Å². The van der Waals surface area contributed by atoms with Crippen LogP contribution in [0.3, 0.4) is 0 Å². The predicted molar refractivity (Wildman–Crippen MR) is 93.5 cm³/mol. The Morgan fingerprint density at radius 2 is 1.96 bits per heavy atom. The summed E-state index contributed by atoms with van der Waals surface area (Å²) in [6.07, 6.45) is 2.81. The zero-order valence-electron chi connectivity index (χ0n) is 12.9. The van der Waals surface area contributed by atoms with Crippen LogP contribution >= 0.6 is 0 Å². The highest BCUT2D eigenvalue weighted by Gasteiger charge is 2.21. The van der Waals surface area contributed by atoms with Gasteiger partial charge < -0.3 is 5.73 Å². The fourth-order valence-corrected chi connectivity index (χ4v) is 3.06. The lowest BCUT2D eigenvalue weighted by Gasteiger charge is -2.06. The summed E-state index contributed by atoms with van der Waals surface area (Å²) in [5, 5.41) is 0.504. The Morgan fingerprint density at radius 1 is 1.17 bits per heavy atom. The van der Waals surface area contributed by atoms with Crippen LogP contribution in [0.25, 0.3) is 22.6 Å². The lowest BCUT2D eigenvalue weighted by atomic mass is 10.1. The average Bonchev–Trinajstić information content (AvgIpc) is 2.98. The van der Waals surface area contributed by atoms with E-state index < -0.39 is 5.91 Å². The van der Waals surface area contributed by atoms with Crippen LogP contribution in [0.15, 0.2) is 53.3 Å². The third-order valence-corrected chi connectivity index (χ3v) is 4.27. The Hall–Kier alpha value is -3.21. The number of nitrogens with two attached hydrogens (primary N) is 1. The van der Waals surface area contributed by atoms with Crippen LogP contribution < -0.4 is 11.3 Å². The highest BCUT2D eigenvalue weighted by atomic mass is 16.1. The normalized spacial score (nSPS) is 14.9. The molecule has 118 valence electrons. The second-order valence-corrected chi connectivity index (χ2v) is 5.82. The van der Waals surface area contributed by atoms with Crippen molar-refractivity contribution in [1.29, 1.82) is 0 Å². The molecule has 5 heteroatoms. The van der Waals surface area contributed by atoms with Gasteiger partial charge >= 0.3 is 0 Å². The van der Waals surface area contributed by atoms with Gasteiger partial charge in [-0.3, -0.25) is 14.2 Å². The molecule has 0 atom stereocenters. The Morgan fingerprint density at radius 3 is 2.71 bits per heavy atom. The second kappa shape index (κ2) is 5.45. The number of primary amides is 1. The molecule has 0 saturated carbocycles. The summed E-state index contributed by atoms with van der Waals surface area (Å²) in [4.78, 5) is 28.7. The summed E-state index contributed by atoms with van der Waals surface area (Å²) in [7, 11) is 0. The lowest BCUT2D eigenvalue weighted by molar-refractivity contribution is 0.100. The fraction of sp³-hybridized carbons (Fsp3) is 0.105. The van der Waals surface area contributed by atoms with E-state index in [-0.39, 0.29) is 5.56 Å². The lowest BCUT2D eigenvalue weighted by Crippen LogP contribution is -2.21. The van der Waals surface area contributed by atoms with Gasteiger partial charge in [0.25, 0.3) is 5.56 Å². The molecule has 0 fully saturated rings. The summed E-state index contributed by atoms with van der Waals surface area (Å²) in [5.41, 5.74) is 8.19. The Labute approximate surface area is 138 Å². The zero-order valence-corrected chi connectivity index (χ0v) is 12.9. The number of nitrogens with zero attached hydrogens (tertiary/aromatic N) is 2. The number of hydrogen-bond donors (Lipinski definition) is 1. The van der Waals surface area contributed by atoms with Crippen LogP contribution in [0.5, 0.6) is 0 Å². The summed E-state index contributed by atoms with van der Waals surface area (Å²) < 4.78 is 1.70. The Bertz CT molecular complexity index is 1050. The molecule has 1 aliphatic heterocycles. The molecule has 0 aliphatic carbocycles. The van der Waals surface area contributed by atoms with E-state index in [0.29, 0.717) is 28.8 Å².